The SMILES string of the molecule is CC(C)c1ccc(C2(CCC(=O)O)COC2)cc1. The molecule has 2 rings (SSSR count). The van der Waals surface area contributed by atoms with Crippen molar-refractivity contribution in [2.24, 2.45) is 0 Å². The Morgan fingerprint density at radius 3 is 2.33 bits per heavy atom. The van der Waals surface area contributed by atoms with Crippen LogP contribution in [0.1, 0.15) is 43.7 Å². The zero-order valence-corrected chi connectivity index (χ0v) is 11.0. The molecule has 0 aliphatic carbocycles. The van der Waals surface area contributed by atoms with Crippen LogP contribution in [0.15, 0.2) is 24.3 Å². The Labute approximate surface area is 108 Å². The third kappa shape index (κ3) is 2.56. The van der Waals surface area contributed by atoms with Crippen molar-refractivity contribution in [2.45, 2.75) is 38.0 Å². The molecule has 1 heterocycles. The lowest BCUT2D eigenvalue weighted by atomic mass is 9.74. The van der Waals surface area contributed by atoms with E-state index < -0.39 is 5.97 Å². The second-order valence-corrected chi connectivity index (χ2v) is 5.44. The number of carboxylic acids is 1. The highest BCUT2D eigenvalue weighted by molar-refractivity contribution is 5.67. The number of carbonyl (C=O) groups is 1. The fraction of sp³-hybridized carbons (Fsp3) is 0.533. The van der Waals surface area contributed by atoms with Crippen LogP contribution in [0.3, 0.4) is 0 Å². The molecule has 0 radical (unpaired) electrons. The average molecular weight is 248 g/mol. The molecule has 0 unspecified atom stereocenters. The van der Waals surface area contributed by atoms with Crippen LogP contribution < -0.4 is 0 Å². The zero-order valence-electron chi connectivity index (χ0n) is 11.0. The maximum atomic E-state index is 10.7. The molecular formula is C15H20O3. The highest BCUT2D eigenvalue weighted by Gasteiger charge is 2.40. The van der Waals surface area contributed by atoms with Crippen molar-refractivity contribution in [3.63, 3.8) is 0 Å². The Kier molecular flexibility index (Phi) is 3.71. The summed E-state index contributed by atoms with van der Waals surface area (Å²) < 4.78 is 5.31. The van der Waals surface area contributed by atoms with Gasteiger partial charge in [0.25, 0.3) is 0 Å². The van der Waals surface area contributed by atoms with Gasteiger partial charge >= 0.3 is 5.97 Å². The Morgan fingerprint density at radius 2 is 1.94 bits per heavy atom. The molecule has 98 valence electrons. The fourth-order valence-electron chi connectivity index (χ4n) is 2.37. The van der Waals surface area contributed by atoms with Crippen LogP contribution in [0.25, 0.3) is 0 Å². The first kappa shape index (κ1) is 13.1. The predicted octanol–water partition coefficient (Wildman–Crippen LogP) is 2.94. The molecular weight excluding hydrogens is 228 g/mol. The fourth-order valence-corrected chi connectivity index (χ4v) is 2.37. The highest BCUT2D eigenvalue weighted by Crippen LogP contribution is 2.37. The summed E-state index contributed by atoms with van der Waals surface area (Å²) in [5.41, 5.74) is 2.44. The number of hydrogen-bond acceptors (Lipinski definition) is 2. The number of ether oxygens (including phenoxy) is 1. The van der Waals surface area contributed by atoms with Crippen LogP contribution in [0.5, 0.6) is 0 Å². The van der Waals surface area contributed by atoms with Gasteiger partial charge in [0.15, 0.2) is 0 Å². The first-order valence-electron chi connectivity index (χ1n) is 6.43. The van der Waals surface area contributed by atoms with E-state index in [4.69, 9.17) is 9.84 Å². The quantitative estimate of drug-likeness (QED) is 0.871. The first-order chi connectivity index (χ1) is 8.53. The lowest BCUT2D eigenvalue weighted by molar-refractivity contribution is -0.139. The van der Waals surface area contributed by atoms with Crippen LogP contribution in [-0.4, -0.2) is 24.3 Å². The van der Waals surface area contributed by atoms with E-state index >= 15 is 0 Å². The van der Waals surface area contributed by atoms with Crippen molar-refractivity contribution in [3.8, 4) is 0 Å². The smallest absolute Gasteiger partial charge is 0.303 e. The van der Waals surface area contributed by atoms with Gasteiger partial charge in [0.2, 0.25) is 0 Å². The van der Waals surface area contributed by atoms with Gasteiger partial charge in [0.05, 0.1) is 13.2 Å². The molecule has 1 aliphatic rings. The highest BCUT2D eigenvalue weighted by atomic mass is 16.5. The van der Waals surface area contributed by atoms with Gasteiger partial charge in [0, 0.05) is 11.8 Å². The molecule has 0 bridgehead atoms. The first-order valence-corrected chi connectivity index (χ1v) is 6.43. The normalized spacial score (nSPS) is 17.5. The van der Waals surface area contributed by atoms with Crippen molar-refractivity contribution < 1.29 is 14.6 Å². The van der Waals surface area contributed by atoms with E-state index in [1.54, 1.807) is 0 Å². The molecule has 0 aromatic heterocycles. The Bertz CT molecular complexity index is 416. The third-order valence-corrected chi connectivity index (χ3v) is 3.76. The van der Waals surface area contributed by atoms with E-state index in [0.29, 0.717) is 25.6 Å². The van der Waals surface area contributed by atoms with Gasteiger partial charge in [0.1, 0.15) is 0 Å². The summed E-state index contributed by atoms with van der Waals surface area (Å²) in [6.07, 6.45) is 0.860. The van der Waals surface area contributed by atoms with Crippen LogP contribution in [0, 0.1) is 0 Å². The average Bonchev–Trinajstić information content (AvgIpc) is 2.28. The van der Waals surface area contributed by atoms with Gasteiger partial charge in [-0.25, -0.2) is 0 Å². The van der Waals surface area contributed by atoms with Gasteiger partial charge in [-0.3, -0.25) is 4.79 Å². The summed E-state index contributed by atoms with van der Waals surface area (Å²) in [5.74, 6) is -0.216. The summed E-state index contributed by atoms with van der Waals surface area (Å²) in [6.45, 7) is 5.62. The standard InChI is InChI=1S/C15H20O3/c1-11(2)12-3-5-13(6-4-12)15(9-18-10-15)8-7-14(16)17/h3-6,11H,7-10H2,1-2H3,(H,16,17). The van der Waals surface area contributed by atoms with E-state index in [-0.39, 0.29) is 11.8 Å². The van der Waals surface area contributed by atoms with Crippen molar-refractivity contribution in [3.05, 3.63) is 35.4 Å². The Balaban J connectivity index is 2.14. The number of hydrogen-bond donors (Lipinski definition) is 1. The maximum Gasteiger partial charge on any atom is 0.303 e. The Hall–Kier alpha value is -1.35. The van der Waals surface area contributed by atoms with E-state index in [2.05, 4.69) is 38.1 Å². The third-order valence-electron chi connectivity index (χ3n) is 3.76. The lowest BCUT2D eigenvalue weighted by Crippen LogP contribution is -2.47. The van der Waals surface area contributed by atoms with Gasteiger partial charge in [-0.05, 0) is 23.5 Å². The van der Waals surface area contributed by atoms with Crippen LogP contribution in [0.2, 0.25) is 0 Å². The molecule has 1 aliphatic heterocycles. The minimum atomic E-state index is -0.736. The van der Waals surface area contributed by atoms with Gasteiger partial charge in [-0.1, -0.05) is 38.1 Å². The topological polar surface area (TPSA) is 46.5 Å². The van der Waals surface area contributed by atoms with Crippen LogP contribution in [0.4, 0.5) is 0 Å². The van der Waals surface area contributed by atoms with Crippen molar-refractivity contribution in [2.75, 3.05) is 13.2 Å². The van der Waals surface area contributed by atoms with Crippen molar-refractivity contribution in [1.29, 1.82) is 0 Å². The number of rotatable bonds is 5. The van der Waals surface area contributed by atoms with Crippen molar-refractivity contribution in [1.82, 2.24) is 0 Å². The molecule has 1 N–H and O–H groups in total. The molecule has 1 saturated heterocycles. The predicted molar refractivity (Wildman–Crippen MR) is 69.9 cm³/mol. The molecule has 1 fully saturated rings. The molecule has 0 spiro atoms. The summed E-state index contributed by atoms with van der Waals surface area (Å²) in [7, 11) is 0. The molecule has 3 nitrogen and oxygen atoms in total. The summed E-state index contributed by atoms with van der Waals surface area (Å²) in [6, 6.07) is 8.53. The van der Waals surface area contributed by atoms with E-state index in [0.717, 1.165) is 0 Å². The zero-order chi connectivity index (χ0) is 13.2. The number of benzene rings is 1. The molecule has 18 heavy (non-hydrogen) atoms. The van der Waals surface area contributed by atoms with Gasteiger partial charge < -0.3 is 9.84 Å². The molecule has 0 saturated carbocycles. The molecule has 1 aromatic carbocycles. The Morgan fingerprint density at radius 1 is 1.33 bits per heavy atom. The van der Waals surface area contributed by atoms with E-state index in [1.807, 2.05) is 0 Å². The van der Waals surface area contributed by atoms with E-state index in [9.17, 15) is 4.79 Å². The minimum Gasteiger partial charge on any atom is -0.481 e. The second-order valence-electron chi connectivity index (χ2n) is 5.44. The van der Waals surface area contributed by atoms with Crippen LogP contribution in [-0.2, 0) is 14.9 Å². The van der Waals surface area contributed by atoms with E-state index in [1.165, 1.54) is 11.1 Å². The van der Waals surface area contributed by atoms with Gasteiger partial charge in [-0.2, -0.15) is 0 Å². The summed E-state index contributed by atoms with van der Waals surface area (Å²) in [5, 5.41) is 8.82. The summed E-state index contributed by atoms with van der Waals surface area (Å²) in [4.78, 5) is 10.7. The number of aliphatic carboxylic acids is 1. The molecule has 0 atom stereocenters. The minimum absolute atomic E-state index is 0.0755. The molecule has 1 aromatic rings. The van der Waals surface area contributed by atoms with Crippen molar-refractivity contribution >= 4 is 5.97 Å². The lowest BCUT2D eigenvalue weighted by Gasteiger charge is -2.42. The largest absolute Gasteiger partial charge is 0.481 e. The molecule has 3 heteroatoms. The molecule has 0 amide bonds. The second kappa shape index (κ2) is 5.11. The monoisotopic (exact) mass is 248 g/mol. The van der Waals surface area contributed by atoms with Gasteiger partial charge in [-0.15, -0.1) is 0 Å². The maximum absolute atomic E-state index is 10.7. The van der Waals surface area contributed by atoms with Crippen LogP contribution >= 0.6 is 0 Å². The number of carboxylic acid groups (broad SMARTS) is 1. The summed E-state index contributed by atoms with van der Waals surface area (Å²) >= 11 is 0.